The van der Waals surface area contributed by atoms with E-state index in [4.69, 9.17) is 4.74 Å². The van der Waals surface area contributed by atoms with E-state index < -0.39 is 0 Å². The van der Waals surface area contributed by atoms with E-state index in [1.807, 2.05) is 29.1 Å². The maximum Gasteiger partial charge on any atom is 0.138 e. The summed E-state index contributed by atoms with van der Waals surface area (Å²) in [5, 5.41) is 4.55. The van der Waals surface area contributed by atoms with Gasteiger partial charge in [-0.1, -0.05) is 13.8 Å². The Labute approximate surface area is 121 Å². The van der Waals surface area contributed by atoms with Crippen molar-refractivity contribution in [3.8, 4) is 5.75 Å². The highest BCUT2D eigenvalue weighted by Crippen LogP contribution is 2.16. The lowest BCUT2D eigenvalue weighted by atomic mass is 10.2. The van der Waals surface area contributed by atoms with Crippen LogP contribution in [0.25, 0.3) is 0 Å². The lowest BCUT2D eigenvalue weighted by Gasteiger charge is -2.12. The number of halogens is 1. The lowest BCUT2D eigenvalue weighted by molar-refractivity contribution is 0.296. The monoisotopic (exact) mass is 323 g/mol. The molecule has 0 N–H and O–H groups in total. The van der Waals surface area contributed by atoms with Crippen LogP contribution in [0.5, 0.6) is 5.75 Å². The second-order valence-corrected chi connectivity index (χ2v) is 5.18. The van der Waals surface area contributed by atoms with Crippen molar-refractivity contribution in [1.29, 1.82) is 0 Å². The summed E-state index contributed by atoms with van der Waals surface area (Å²) in [4.78, 5) is 4.12. The van der Waals surface area contributed by atoms with Crippen molar-refractivity contribution in [1.82, 2.24) is 14.8 Å². The van der Waals surface area contributed by atoms with Crippen LogP contribution >= 0.6 is 15.9 Å². The number of hydrogen-bond donors (Lipinski definition) is 0. The molecule has 2 aromatic rings. The van der Waals surface area contributed by atoms with E-state index in [0.29, 0.717) is 12.6 Å². The first kappa shape index (κ1) is 14.1. The molecule has 0 saturated carbocycles. The molecule has 0 atom stereocenters. The van der Waals surface area contributed by atoms with Gasteiger partial charge in [0, 0.05) is 6.20 Å². The number of hydrogen-bond acceptors (Lipinski definition) is 3. The Hall–Kier alpha value is -1.36. The summed E-state index contributed by atoms with van der Waals surface area (Å²) >= 11 is 3.29. The summed E-state index contributed by atoms with van der Waals surface area (Å²) in [6.07, 6.45) is 5.91. The smallest absolute Gasteiger partial charge is 0.138 e. The summed E-state index contributed by atoms with van der Waals surface area (Å²) < 4.78 is 8.48. The molecule has 0 aliphatic rings. The van der Waals surface area contributed by atoms with Crippen LogP contribution in [-0.4, -0.2) is 14.8 Å². The van der Waals surface area contributed by atoms with Gasteiger partial charge in [-0.3, -0.25) is 4.68 Å². The van der Waals surface area contributed by atoms with Gasteiger partial charge in [0.1, 0.15) is 17.0 Å². The fourth-order valence-corrected chi connectivity index (χ4v) is 2.16. The number of nitrogens with zero attached hydrogens (tertiary/aromatic N) is 3. The van der Waals surface area contributed by atoms with Gasteiger partial charge in [0.15, 0.2) is 0 Å². The van der Waals surface area contributed by atoms with Crippen molar-refractivity contribution in [3.05, 3.63) is 40.9 Å². The maximum absolute atomic E-state index is 5.65. The fourth-order valence-electron chi connectivity index (χ4n) is 1.93. The Balaban J connectivity index is 1.95. The van der Waals surface area contributed by atoms with Crippen molar-refractivity contribution in [3.63, 3.8) is 0 Å². The zero-order valence-electron chi connectivity index (χ0n) is 11.2. The molecule has 2 rings (SSSR count). The van der Waals surface area contributed by atoms with Gasteiger partial charge in [-0.05, 0) is 47.0 Å². The number of aromatic nitrogens is 3. The van der Waals surface area contributed by atoms with Gasteiger partial charge in [-0.25, -0.2) is 4.98 Å². The summed E-state index contributed by atoms with van der Waals surface area (Å²) in [5.74, 6) is 0.750. The van der Waals surface area contributed by atoms with Gasteiger partial charge in [0.25, 0.3) is 0 Å². The molecule has 0 amide bonds. The Kier molecular flexibility index (Phi) is 4.96. The number of ether oxygens (including phenoxy) is 1. The van der Waals surface area contributed by atoms with Crippen molar-refractivity contribution in [2.45, 2.75) is 39.3 Å². The highest BCUT2D eigenvalue weighted by atomic mass is 79.9. The van der Waals surface area contributed by atoms with E-state index in [0.717, 1.165) is 28.9 Å². The Morgan fingerprint density at radius 2 is 2.05 bits per heavy atom. The second-order valence-electron chi connectivity index (χ2n) is 4.36. The molecule has 0 aromatic carbocycles. The SMILES string of the molecule is CCC(CC)n1ccc(COc2ccc(Br)nc2)n1. The molecule has 2 aromatic heterocycles. The third-order valence-corrected chi connectivity index (χ3v) is 3.54. The first-order valence-corrected chi connectivity index (χ1v) is 7.30. The molecule has 19 heavy (non-hydrogen) atoms. The standard InChI is InChI=1S/C14H18BrN3O/c1-3-12(4-2)18-8-7-11(17-18)10-19-13-5-6-14(15)16-9-13/h5-9,12H,3-4,10H2,1-2H3. The highest BCUT2D eigenvalue weighted by Gasteiger charge is 2.08. The van der Waals surface area contributed by atoms with Gasteiger partial charge in [0.05, 0.1) is 17.9 Å². The van der Waals surface area contributed by atoms with E-state index in [1.165, 1.54) is 0 Å². The fraction of sp³-hybridized carbons (Fsp3) is 0.429. The molecule has 2 heterocycles. The molecule has 0 saturated heterocycles. The lowest BCUT2D eigenvalue weighted by Crippen LogP contribution is -2.08. The van der Waals surface area contributed by atoms with Crippen molar-refractivity contribution in [2.24, 2.45) is 0 Å². The first-order valence-electron chi connectivity index (χ1n) is 6.51. The van der Waals surface area contributed by atoms with Gasteiger partial charge in [0.2, 0.25) is 0 Å². The largest absolute Gasteiger partial charge is 0.486 e. The topological polar surface area (TPSA) is 39.9 Å². The minimum absolute atomic E-state index is 0.469. The van der Waals surface area contributed by atoms with Crippen LogP contribution in [0.3, 0.4) is 0 Å². The number of rotatable bonds is 6. The minimum atomic E-state index is 0.469. The molecule has 0 radical (unpaired) electrons. The van der Waals surface area contributed by atoms with Crippen LogP contribution in [0, 0.1) is 0 Å². The second kappa shape index (κ2) is 6.70. The Morgan fingerprint density at radius 1 is 1.26 bits per heavy atom. The maximum atomic E-state index is 5.65. The van der Waals surface area contributed by atoms with Gasteiger partial charge >= 0.3 is 0 Å². The van der Waals surface area contributed by atoms with E-state index in [-0.39, 0.29) is 0 Å². The van der Waals surface area contributed by atoms with Gasteiger partial charge in [-0.2, -0.15) is 5.10 Å². The highest BCUT2D eigenvalue weighted by molar-refractivity contribution is 9.10. The molecule has 0 aliphatic carbocycles. The minimum Gasteiger partial charge on any atom is -0.486 e. The van der Waals surface area contributed by atoms with Crippen LogP contribution in [0.2, 0.25) is 0 Å². The molecular weight excluding hydrogens is 306 g/mol. The van der Waals surface area contributed by atoms with Gasteiger partial charge < -0.3 is 4.74 Å². The predicted octanol–water partition coefficient (Wildman–Crippen LogP) is 3.98. The summed E-state index contributed by atoms with van der Waals surface area (Å²) in [5.41, 5.74) is 0.940. The van der Waals surface area contributed by atoms with Gasteiger partial charge in [-0.15, -0.1) is 0 Å². The molecule has 0 unspecified atom stereocenters. The van der Waals surface area contributed by atoms with Crippen molar-refractivity contribution in [2.75, 3.05) is 0 Å². The van der Waals surface area contributed by atoms with E-state index in [2.05, 4.69) is 39.9 Å². The van der Waals surface area contributed by atoms with Crippen LogP contribution in [0.1, 0.15) is 38.4 Å². The van der Waals surface area contributed by atoms with Crippen molar-refractivity contribution >= 4 is 15.9 Å². The van der Waals surface area contributed by atoms with Crippen LogP contribution in [0.15, 0.2) is 35.2 Å². The van der Waals surface area contributed by atoms with Crippen LogP contribution in [-0.2, 0) is 6.61 Å². The molecular formula is C14H18BrN3O. The zero-order chi connectivity index (χ0) is 13.7. The Morgan fingerprint density at radius 3 is 2.68 bits per heavy atom. The molecule has 5 heteroatoms. The zero-order valence-corrected chi connectivity index (χ0v) is 12.8. The molecule has 0 bridgehead atoms. The summed E-state index contributed by atoms with van der Waals surface area (Å²) in [6, 6.07) is 6.22. The first-order chi connectivity index (χ1) is 9.22. The molecule has 4 nitrogen and oxygen atoms in total. The Bertz CT molecular complexity index is 506. The normalized spacial score (nSPS) is 10.9. The van der Waals surface area contributed by atoms with E-state index in [1.54, 1.807) is 6.20 Å². The third kappa shape index (κ3) is 3.80. The average molecular weight is 324 g/mol. The summed E-state index contributed by atoms with van der Waals surface area (Å²) in [6.45, 7) is 4.83. The third-order valence-electron chi connectivity index (χ3n) is 3.07. The quantitative estimate of drug-likeness (QED) is 0.755. The number of pyridine rings is 1. The molecule has 102 valence electrons. The van der Waals surface area contributed by atoms with E-state index in [9.17, 15) is 0 Å². The van der Waals surface area contributed by atoms with Crippen molar-refractivity contribution < 1.29 is 4.74 Å². The summed E-state index contributed by atoms with van der Waals surface area (Å²) in [7, 11) is 0. The molecule has 0 fully saturated rings. The van der Waals surface area contributed by atoms with Crippen LogP contribution < -0.4 is 4.74 Å². The van der Waals surface area contributed by atoms with E-state index >= 15 is 0 Å². The molecule has 0 spiro atoms. The van der Waals surface area contributed by atoms with Crippen LogP contribution in [0.4, 0.5) is 0 Å². The molecule has 0 aliphatic heterocycles. The predicted molar refractivity (Wildman–Crippen MR) is 78.1 cm³/mol. The average Bonchev–Trinajstić information content (AvgIpc) is 2.88.